The number of carbonyl (C=O) groups is 2. The number of Topliss-reactive ketones (excluding diaryl/α,β-unsaturated/α-hetero) is 1. The largest absolute Gasteiger partial charge is 0.389 e. The van der Waals surface area contributed by atoms with Crippen molar-refractivity contribution in [3.8, 4) is 0 Å². The van der Waals surface area contributed by atoms with Gasteiger partial charge in [-0.25, -0.2) is 0 Å². The standard InChI is InChI=1S/C25H38O4/c1-16(2)7-6-8-17(3)25(29)12-11-23(4)13-19-22(20(27)14-24(19,5)28)18(15-26)9-10-21(23)25/h7,9,15,17,19,21-22,28-29H,6,8,10-14H2,1-5H3/b18-9-/t17-,19-,21+,22+,23+,24+,25+/m0/s1. The first-order chi connectivity index (χ1) is 13.4. The van der Waals surface area contributed by atoms with Gasteiger partial charge in [0, 0.05) is 12.3 Å². The number of aliphatic hydroxyl groups is 2. The fourth-order valence-corrected chi connectivity index (χ4v) is 6.57. The fourth-order valence-electron chi connectivity index (χ4n) is 6.57. The molecule has 7 atom stereocenters. The summed E-state index contributed by atoms with van der Waals surface area (Å²) in [4.78, 5) is 24.5. The van der Waals surface area contributed by atoms with Crippen molar-refractivity contribution in [1.29, 1.82) is 0 Å². The SMILES string of the molecule is CC(C)=CCC[C@H](C)[C@]1(O)CC[C@]2(C)C[C@H]3[C@H](C(=O)C[C@@]3(C)O)/C(C=O)=C\C[C@H]21. The Balaban J connectivity index is 1.94. The Morgan fingerprint density at radius 1 is 1.28 bits per heavy atom. The molecule has 0 aromatic rings. The molecule has 0 aromatic carbocycles. The van der Waals surface area contributed by atoms with E-state index < -0.39 is 17.1 Å². The molecular formula is C25H38O4. The minimum atomic E-state index is -1.09. The molecule has 3 rings (SSSR count). The lowest BCUT2D eigenvalue weighted by molar-refractivity contribution is -0.121. The van der Waals surface area contributed by atoms with Crippen LogP contribution in [0.15, 0.2) is 23.3 Å². The van der Waals surface area contributed by atoms with Crippen LogP contribution < -0.4 is 0 Å². The second kappa shape index (κ2) is 7.77. The molecule has 4 nitrogen and oxygen atoms in total. The van der Waals surface area contributed by atoms with E-state index in [0.29, 0.717) is 18.4 Å². The van der Waals surface area contributed by atoms with Crippen LogP contribution in [0, 0.1) is 29.1 Å². The number of carbonyl (C=O) groups excluding carboxylic acids is 2. The molecule has 0 unspecified atom stereocenters. The van der Waals surface area contributed by atoms with Crippen LogP contribution in [0.1, 0.15) is 79.6 Å². The minimum absolute atomic E-state index is 0.0243. The summed E-state index contributed by atoms with van der Waals surface area (Å²) in [7, 11) is 0. The van der Waals surface area contributed by atoms with Crippen molar-refractivity contribution in [2.75, 3.05) is 0 Å². The first kappa shape index (κ1) is 22.4. The van der Waals surface area contributed by atoms with Gasteiger partial charge in [-0.1, -0.05) is 31.6 Å². The average Bonchev–Trinajstić information content (AvgIpc) is 2.98. The highest BCUT2D eigenvalue weighted by atomic mass is 16.3. The highest BCUT2D eigenvalue weighted by Gasteiger charge is 2.60. The molecule has 162 valence electrons. The molecule has 3 aliphatic carbocycles. The first-order valence-electron chi connectivity index (χ1n) is 11.2. The van der Waals surface area contributed by atoms with E-state index in [1.165, 1.54) is 5.57 Å². The predicted molar refractivity (Wildman–Crippen MR) is 114 cm³/mol. The summed E-state index contributed by atoms with van der Waals surface area (Å²) in [6.45, 7) is 10.3. The van der Waals surface area contributed by atoms with E-state index in [4.69, 9.17) is 0 Å². The Bertz CT molecular complexity index is 729. The topological polar surface area (TPSA) is 74.6 Å². The Labute approximate surface area is 175 Å². The van der Waals surface area contributed by atoms with Crippen molar-refractivity contribution >= 4 is 12.1 Å². The van der Waals surface area contributed by atoms with Crippen LogP contribution in [0.4, 0.5) is 0 Å². The van der Waals surface area contributed by atoms with Crippen molar-refractivity contribution in [2.24, 2.45) is 29.1 Å². The van der Waals surface area contributed by atoms with Crippen molar-refractivity contribution < 1.29 is 19.8 Å². The summed E-state index contributed by atoms with van der Waals surface area (Å²) >= 11 is 0. The summed E-state index contributed by atoms with van der Waals surface area (Å²) in [5.41, 5.74) is -0.224. The van der Waals surface area contributed by atoms with E-state index in [2.05, 4.69) is 33.8 Å². The monoisotopic (exact) mass is 402 g/mol. The lowest BCUT2D eigenvalue weighted by atomic mass is 9.61. The van der Waals surface area contributed by atoms with Crippen LogP contribution in [0.3, 0.4) is 0 Å². The zero-order valence-corrected chi connectivity index (χ0v) is 18.7. The fraction of sp³-hybridized carbons (Fsp3) is 0.760. The van der Waals surface area contributed by atoms with Gasteiger partial charge in [0.2, 0.25) is 0 Å². The molecule has 2 fully saturated rings. The predicted octanol–water partition coefficient (Wildman–Crippen LogP) is 4.39. The molecule has 0 saturated heterocycles. The van der Waals surface area contributed by atoms with Crippen molar-refractivity contribution in [3.05, 3.63) is 23.3 Å². The molecule has 0 aromatic heterocycles. The smallest absolute Gasteiger partial charge is 0.146 e. The summed E-state index contributed by atoms with van der Waals surface area (Å²) in [6.07, 6.45) is 9.83. The molecule has 2 N–H and O–H groups in total. The van der Waals surface area contributed by atoms with Gasteiger partial charge < -0.3 is 10.2 Å². The van der Waals surface area contributed by atoms with Crippen molar-refractivity contribution in [1.82, 2.24) is 0 Å². The van der Waals surface area contributed by atoms with E-state index in [1.54, 1.807) is 6.92 Å². The Morgan fingerprint density at radius 2 is 1.97 bits per heavy atom. The highest BCUT2D eigenvalue weighted by Crippen LogP contribution is 2.61. The van der Waals surface area contributed by atoms with E-state index in [1.807, 2.05) is 6.08 Å². The molecule has 3 aliphatic rings. The zero-order chi connectivity index (χ0) is 21.6. The number of allylic oxidation sites excluding steroid dienone is 4. The maximum Gasteiger partial charge on any atom is 0.146 e. The highest BCUT2D eigenvalue weighted by molar-refractivity contribution is 5.94. The second-order valence-corrected chi connectivity index (χ2v) is 10.8. The third-order valence-corrected chi connectivity index (χ3v) is 8.40. The van der Waals surface area contributed by atoms with E-state index in [9.17, 15) is 19.8 Å². The molecule has 0 bridgehead atoms. The Morgan fingerprint density at radius 3 is 2.59 bits per heavy atom. The number of fused-ring (bicyclic) bond motifs is 2. The van der Waals surface area contributed by atoms with Gasteiger partial charge in [-0.3, -0.25) is 9.59 Å². The van der Waals surface area contributed by atoms with Crippen LogP contribution in [0.2, 0.25) is 0 Å². The van der Waals surface area contributed by atoms with Crippen molar-refractivity contribution in [3.63, 3.8) is 0 Å². The van der Waals surface area contributed by atoms with Gasteiger partial charge in [-0.2, -0.15) is 0 Å². The van der Waals surface area contributed by atoms with Gasteiger partial charge in [-0.15, -0.1) is 0 Å². The quantitative estimate of drug-likeness (QED) is 0.528. The molecule has 0 amide bonds. The molecule has 29 heavy (non-hydrogen) atoms. The number of rotatable bonds is 5. The third kappa shape index (κ3) is 3.90. The minimum Gasteiger partial charge on any atom is -0.389 e. The molecule has 4 heteroatoms. The normalized spacial score (nSPS) is 44.7. The second-order valence-electron chi connectivity index (χ2n) is 10.8. The van der Waals surface area contributed by atoms with Crippen LogP contribution in [-0.2, 0) is 9.59 Å². The van der Waals surface area contributed by atoms with Crippen LogP contribution in [0.25, 0.3) is 0 Å². The lowest BCUT2D eigenvalue weighted by Crippen LogP contribution is -2.47. The molecule has 0 heterocycles. The van der Waals surface area contributed by atoms with Gasteiger partial charge in [0.15, 0.2) is 0 Å². The van der Waals surface area contributed by atoms with Gasteiger partial charge in [0.05, 0.1) is 17.1 Å². The number of hydrogen-bond acceptors (Lipinski definition) is 4. The van der Waals surface area contributed by atoms with E-state index in [0.717, 1.165) is 32.0 Å². The third-order valence-electron chi connectivity index (χ3n) is 8.40. The number of aldehydes is 1. The molecular weight excluding hydrogens is 364 g/mol. The summed E-state index contributed by atoms with van der Waals surface area (Å²) in [5, 5.41) is 22.8. The van der Waals surface area contributed by atoms with E-state index >= 15 is 0 Å². The van der Waals surface area contributed by atoms with Gasteiger partial charge in [0.25, 0.3) is 0 Å². The molecule has 0 spiro atoms. The first-order valence-corrected chi connectivity index (χ1v) is 11.2. The average molecular weight is 403 g/mol. The Kier molecular flexibility index (Phi) is 6.01. The van der Waals surface area contributed by atoms with Crippen LogP contribution in [-0.4, -0.2) is 33.5 Å². The Hall–Kier alpha value is -1.26. The van der Waals surface area contributed by atoms with E-state index in [-0.39, 0.29) is 35.4 Å². The van der Waals surface area contributed by atoms with Gasteiger partial charge in [0.1, 0.15) is 12.1 Å². The summed E-state index contributed by atoms with van der Waals surface area (Å²) in [5.74, 6) is -0.603. The summed E-state index contributed by atoms with van der Waals surface area (Å²) in [6, 6.07) is 0. The maximum atomic E-state index is 12.6. The summed E-state index contributed by atoms with van der Waals surface area (Å²) < 4.78 is 0. The van der Waals surface area contributed by atoms with Gasteiger partial charge in [-0.05, 0) is 82.1 Å². The van der Waals surface area contributed by atoms with Gasteiger partial charge >= 0.3 is 0 Å². The number of hydrogen-bond donors (Lipinski definition) is 2. The zero-order valence-electron chi connectivity index (χ0n) is 18.7. The van der Waals surface area contributed by atoms with Crippen molar-refractivity contribution in [2.45, 2.75) is 90.8 Å². The molecule has 2 saturated carbocycles. The lowest BCUT2D eigenvalue weighted by Gasteiger charge is -2.45. The number of ketones is 1. The molecule has 0 aliphatic heterocycles. The molecule has 0 radical (unpaired) electrons. The van der Waals surface area contributed by atoms with Crippen LogP contribution >= 0.6 is 0 Å². The van der Waals surface area contributed by atoms with Crippen LogP contribution in [0.5, 0.6) is 0 Å². The maximum absolute atomic E-state index is 12.6.